The van der Waals surface area contributed by atoms with Crippen LogP contribution < -0.4 is 11.5 Å². The van der Waals surface area contributed by atoms with Crippen LogP contribution in [0.4, 0.5) is 5.82 Å². The lowest BCUT2D eigenvalue weighted by molar-refractivity contribution is 0.103. The minimum Gasteiger partial charge on any atom is -0.383 e. The second kappa shape index (κ2) is 4.60. The van der Waals surface area contributed by atoms with E-state index in [4.69, 9.17) is 11.5 Å². The summed E-state index contributed by atoms with van der Waals surface area (Å²) in [6.45, 7) is 2.15. The summed E-state index contributed by atoms with van der Waals surface area (Å²) >= 11 is 1.37. The first-order valence-corrected chi connectivity index (χ1v) is 5.91. The largest absolute Gasteiger partial charge is 0.383 e. The maximum absolute atomic E-state index is 12.2. The van der Waals surface area contributed by atoms with Crippen LogP contribution in [0.1, 0.15) is 26.6 Å². The highest BCUT2D eigenvalue weighted by Gasteiger charge is 2.18. The number of ketones is 1. The summed E-state index contributed by atoms with van der Waals surface area (Å²) in [6.07, 6.45) is 1.58. The average Bonchev–Trinajstić information content (AvgIpc) is 2.77. The molecule has 2 aromatic heterocycles. The second-order valence-corrected chi connectivity index (χ2v) is 4.49. The van der Waals surface area contributed by atoms with Crippen LogP contribution >= 0.6 is 11.3 Å². The third-order valence-corrected chi connectivity index (χ3v) is 3.25. The first-order chi connectivity index (χ1) is 8.13. The Labute approximate surface area is 103 Å². The number of hydrogen-bond donors (Lipinski definition) is 2. The van der Waals surface area contributed by atoms with Crippen molar-refractivity contribution in [3.05, 3.63) is 39.5 Å². The Hall–Kier alpha value is -1.79. The molecule has 0 aliphatic carbocycles. The van der Waals surface area contributed by atoms with Crippen molar-refractivity contribution < 1.29 is 4.79 Å². The Bertz CT molecular complexity index is 544. The number of nitrogens with two attached hydrogens (primary N) is 2. The van der Waals surface area contributed by atoms with E-state index in [-0.39, 0.29) is 11.6 Å². The summed E-state index contributed by atoms with van der Waals surface area (Å²) in [5, 5.41) is 2.42. The number of pyridine rings is 1. The van der Waals surface area contributed by atoms with Crippen LogP contribution in [0.15, 0.2) is 17.6 Å². The Morgan fingerprint density at radius 1 is 1.53 bits per heavy atom. The van der Waals surface area contributed by atoms with E-state index < -0.39 is 0 Å². The number of nitrogens with zero attached hydrogens (tertiary/aromatic N) is 2. The van der Waals surface area contributed by atoms with E-state index in [0.29, 0.717) is 17.8 Å². The lowest BCUT2D eigenvalue weighted by atomic mass is 10.0. The highest BCUT2D eigenvalue weighted by molar-refractivity contribution is 7.09. The maximum atomic E-state index is 12.2. The fourth-order valence-corrected chi connectivity index (χ4v) is 2.17. The lowest BCUT2D eigenvalue weighted by Crippen LogP contribution is -2.10. The summed E-state index contributed by atoms with van der Waals surface area (Å²) in [7, 11) is 0. The average molecular weight is 248 g/mol. The Kier molecular flexibility index (Phi) is 3.16. The van der Waals surface area contributed by atoms with Crippen LogP contribution in [-0.2, 0) is 6.54 Å². The van der Waals surface area contributed by atoms with Crippen LogP contribution in [0.5, 0.6) is 0 Å². The summed E-state index contributed by atoms with van der Waals surface area (Å²) in [6, 6.07) is 1.75. The molecular formula is C11H12N4OS. The van der Waals surface area contributed by atoms with E-state index in [9.17, 15) is 4.79 Å². The van der Waals surface area contributed by atoms with Crippen molar-refractivity contribution in [3.63, 3.8) is 0 Å². The third-order valence-electron chi connectivity index (χ3n) is 2.37. The zero-order valence-corrected chi connectivity index (χ0v) is 10.1. The molecule has 88 valence electrons. The highest BCUT2D eigenvalue weighted by Crippen LogP contribution is 2.19. The number of carbonyl (C=O) groups is 1. The molecule has 0 atom stereocenters. The van der Waals surface area contributed by atoms with Gasteiger partial charge in [-0.25, -0.2) is 9.97 Å². The molecular weight excluding hydrogens is 236 g/mol. The van der Waals surface area contributed by atoms with Crippen molar-refractivity contribution in [2.24, 2.45) is 5.73 Å². The van der Waals surface area contributed by atoms with Gasteiger partial charge >= 0.3 is 0 Å². The molecule has 6 heteroatoms. The van der Waals surface area contributed by atoms with E-state index in [0.717, 1.165) is 10.6 Å². The fraction of sp³-hybridized carbons (Fsp3) is 0.182. The molecule has 2 aromatic rings. The summed E-state index contributed by atoms with van der Waals surface area (Å²) < 4.78 is 0. The van der Waals surface area contributed by atoms with Crippen LogP contribution in [0.25, 0.3) is 0 Å². The van der Waals surface area contributed by atoms with Crippen LogP contribution in [0.3, 0.4) is 0 Å². The number of aryl methyl sites for hydroxylation is 1. The van der Waals surface area contributed by atoms with Gasteiger partial charge in [-0.3, -0.25) is 4.79 Å². The van der Waals surface area contributed by atoms with Crippen molar-refractivity contribution in [2.75, 3.05) is 5.73 Å². The molecule has 17 heavy (non-hydrogen) atoms. The number of rotatable bonds is 3. The van der Waals surface area contributed by atoms with Crippen molar-refractivity contribution in [3.8, 4) is 0 Å². The molecule has 0 fully saturated rings. The summed E-state index contributed by atoms with van der Waals surface area (Å²) in [5.74, 6) is 0.0290. The number of anilines is 1. The molecule has 5 nitrogen and oxygen atoms in total. The SMILES string of the molecule is Cc1ccnc(N)c1C(=O)c1csc(CN)n1. The van der Waals surface area contributed by atoms with Crippen molar-refractivity contribution in [1.29, 1.82) is 0 Å². The zero-order valence-electron chi connectivity index (χ0n) is 9.30. The first-order valence-electron chi connectivity index (χ1n) is 5.03. The fourth-order valence-electron chi connectivity index (χ4n) is 1.51. The molecule has 0 aromatic carbocycles. The zero-order chi connectivity index (χ0) is 12.4. The quantitative estimate of drug-likeness (QED) is 0.794. The van der Waals surface area contributed by atoms with E-state index in [1.165, 1.54) is 11.3 Å². The van der Waals surface area contributed by atoms with E-state index in [1.807, 2.05) is 6.92 Å². The number of aromatic nitrogens is 2. The van der Waals surface area contributed by atoms with Crippen LogP contribution in [0, 0.1) is 6.92 Å². The van der Waals surface area contributed by atoms with Gasteiger partial charge in [0.05, 0.1) is 5.56 Å². The predicted molar refractivity (Wildman–Crippen MR) is 66.8 cm³/mol. The first kappa shape index (κ1) is 11.7. The van der Waals surface area contributed by atoms with E-state index in [1.54, 1.807) is 17.6 Å². The van der Waals surface area contributed by atoms with Crippen LogP contribution in [0.2, 0.25) is 0 Å². The normalized spacial score (nSPS) is 10.5. The molecule has 0 saturated carbocycles. The molecule has 0 unspecified atom stereocenters. The third kappa shape index (κ3) is 2.17. The number of nitrogen functional groups attached to an aromatic ring is 1. The van der Waals surface area contributed by atoms with E-state index in [2.05, 4.69) is 9.97 Å². The van der Waals surface area contributed by atoms with Gasteiger partial charge in [-0.15, -0.1) is 11.3 Å². The molecule has 2 rings (SSSR count). The summed E-state index contributed by atoms with van der Waals surface area (Å²) in [4.78, 5) is 20.3. The minimum atomic E-state index is -0.205. The smallest absolute Gasteiger partial charge is 0.216 e. The molecule has 0 aliphatic rings. The number of thiazole rings is 1. The van der Waals surface area contributed by atoms with Gasteiger partial charge < -0.3 is 11.5 Å². The Balaban J connectivity index is 2.43. The molecule has 2 heterocycles. The second-order valence-electron chi connectivity index (χ2n) is 3.55. The summed E-state index contributed by atoms with van der Waals surface area (Å²) in [5.41, 5.74) is 12.8. The molecule has 0 spiro atoms. The van der Waals surface area contributed by atoms with Gasteiger partial charge in [-0.2, -0.15) is 0 Å². The lowest BCUT2D eigenvalue weighted by Gasteiger charge is -2.05. The standard InChI is InChI=1S/C11H12N4OS/c1-6-2-3-14-11(13)9(6)10(16)7-5-17-8(4-12)15-7/h2-3,5H,4,12H2,1H3,(H2,13,14). The monoisotopic (exact) mass is 248 g/mol. The Morgan fingerprint density at radius 2 is 2.29 bits per heavy atom. The molecule has 0 amide bonds. The number of hydrogen-bond acceptors (Lipinski definition) is 6. The molecule has 0 radical (unpaired) electrons. The van der Waals surface area contributed by atoms with Gasteiger partial charge in [0, 0.05) is 18.1 Å². The van der Waals surface area contributed by atoms with Gasteiger partial charge in [-0.05, 0) is 18.6 Å². The van der Waals surface area contributed by atoms with Gasteiger partial charge in [0.1, 0.15) is 16.5 Å². The topological polar surface area (TPSA) is 94.9 Å². The van der Waals surface area contributed by atoms with Crippen LogP contribution in [-0.4, -0.2) is 15.8 Å². The Morgan fingerprint density at radius 3 is 2.88 bits per heavy atom. The van der Waals surface area contributed by atoms with Crippen molar-refractivity contribution >= 4 is 22.9 Å². The molecule has 0 bridgehead atoms. The van der Waals surface area contributed by atoms with E-state index >= 15 is 0 Å². The minimum absolute atomic E-state index is 0.205. The van der Waals surface area contributed by atoms with Gasteiger partial charge in [0.15, 0.2) is 0 Å². The molecule has 4 N–H and O–H groups in total. The highest BCUT2D eigenvalue weighted by atomic mass is 32.1. The van der Waals surface area contributed by atoms with Gasteiger partial charge in [0.2, 0.25) is 5.78 Å². The van der Waals surface area contributed by atoms with Gasteiger partial charge in [-0.1, -0.05) is 0 Å². The molecule has 0 saturated heterocycles. The molecule has 0 aliphatic heterocycles. The van der Waals surface area contributed by atoms with Crippen molar-refractivity contribution in [2.45, 2.75) is 13.5 Å². The number of carbonyl (C=O) groups excluding carboxylic acids is 1. The van der Waals surface area contributed by atoms with Gasteiger partial charge in [0.25, 0.3) is 0 Å². The maximum Gasteiger partial charge on any atom is 0.216 e. The van der Waals surface area contributed by atoms with Crippen molar-refractivity contribution in [1.82, 2.24) is 9.97 Å². The predicted octanol–water partition coefficient (Wildman–Crippen LogP) is 1.12.